The molecule has 0 unspecified atom stereocenters. The van der Waals surface area contributed by atoms with Crippen molar-refractivity contribution in [1.82, 2.24) is 19.9 Å². The molecule has 3 N–H and O–H groups in total. The van der Waals surface area contributed by atoms with Crippen LogP contribution in [0.15, 0.2) is 36.7 Å². The third-order valence-corrected chi connectivity index (χ3v) is 4.40. The number of aliphatic hydroxyl groups excluding tert-OH is 1. The fraction of sp³-hybridized carbons (Fsp3) is 0.278. The molecule has 27 heavy (non-hydrogen) atoms. The highest BCUT2D eigenvalue weighted by atomic mass is 19.1. The van der Waals surface area contributed by atoms with E-state index in [1.54, 1.807) is 12.3 Å². The first kappa shape index (κ1) is 17.2. The minimum atomic E-state index is -0.687. The van der Waals surface area contributed by atoms with Gasteiger partial charge in [0.1, 0.15) is 29.1 Å². The van der Waals surface area contributed by atoms with Gasteiger partial charge in [0.2, 0.25) is 0 Å². The Morgan fingerprint density at radius 1 is 1.41 bits per heavy atom. The fourth-order valence-electron chi connectivity index (χ4n) is 3.00. The quantitative estimate of drug-likeness (QED) is 0.600. The number of hydrogen-bond donors (Lipinski definition) is 3. The molecule has 2 bridgehead atoms. The van der Waals surface area contributed by atoms with Crippen LogP contribution in [-0.4, -0.2) is 44.9 Å². The van der Waals surface area contributed by atoms with Crippen molar-refractivity contribution < 1.29 is 19.0 Å². The van der Waals surface area contributed by atoms with Gasteiger partial charge in [-0.1, -0.05) is 0 Å². The predicted molar refractivity (Wildman–Crippen MR) is 95.3 cm³/mol. The molecule has 1 aliphatic rings. The third kappa shape index (κ3) is 3.28. The number of nitrogens with one attached hydrogen (secondary N) is 2. The van der Waals surface area contributed by atoms with Gasteiger partial charge in [0.15, 0.2) is 5.65 Å². The fourth-order valence-corrected chi connectivity index (χ4v) is 3.00. The second-order valence-corrected chi connectivity index (χ2v) is 6.32. The molecule has 0 spiro atoms. The standard InChI is InChI=1S/C18H18FN5O3/c1-10-13-6-11(19)2-3-15(13)27-12(9-25)7-20-18(26)14-8-21-24-5-4-16(22-10)23-17(14)24/h2-6,8,10,12,25H,7,9H2,1H3,(H,20,26)(H,22,23)/t10-,12+/m1/s1. The summed E-state index contributed by atoms with van der Waals surface area (Å²) in [5.74, 6) is 0.166. The lowest BCUT2D eigenvalue weighted by molar-refractivity contribution is 0.0869. The molecule has 2 atom stereocenters. The average molecular weight is 371 g/mol. The summed E-state index contributed by atoms with van der Waals surface area (Å²) in [6.45, 7) is 1.61. The first-order chi connectivity index (χ1) is 13.0. The average Bonchev–Trinajstić information content (AvgIpc) is 3.08. The molecule has 0 aliphatic carbocycles. The summed E-state index contributed by atoms with van der Waals surface area (Å²) in [7, 11) is 0. The van der Waals surface area contributed by atoms with Gasteiger partial charge in [0, 0.05) is 11.8 Å². The second-order valence-electron chi connectivity index (χ2n) is 6.32. The Bertz CT molecular complexity index is 1010. The third-order valence-electron chi connectivity index (χ3n) is 4.40. The van der Waals surface area contributed by atoms with Gasteiger partial charge in [-0.15, -0.1) is 0 Å². The highest BCUT2D eigenvalue weighted by Crippen LogP contribution is 2.29. The van der Waals surface area contributed by atoms with E-state index < -0.39 is 11.9 Å². The number of nitrogens with zero attached hydrogens (tertiary/aromatic N) is 3. The summed E-state index contributed by atoms with van der Waals surface area (Å²) < 4.78 is 21.2. The van der Waals surface area contributed by atoms with Crippen LogP contribution in [0.2, 0.25) is 0 Å². The SMILES string of the molecule is C[C@H]1Nc2ccn3ncc(c3n2)C(=O)NC[C@@H](CO)Oc2ccc(F)cc21. The van der Waals surface area contributed by atoms with Crippen molar-refractivity contribution in [2.45, 2.75) is 19.1 Å². The van der Waals surface area contributed by atoms with E-state index in [9.17, 15) is 14.3 Å². The van der Waals surface area contributed by atoms with Crippen molar-refractivity contribution in [2.24, 2.45) is 0 Å². The number of amides is 1. The highest BCUT2D eigenvalue weighted by molar-refractivity contribution is 5.99. The molecule has 1 aromatic carbocycles. The van der Waals surface area contributed by atoms with Gasteiger partial charge in [-0.25, -0.2) is 13.9 Å². The number of benzene rings is 1. The number of carbonyl (C=O) groups is 1. The van der Waals surface area contributed by atoms with Crippen LogP contribution in [0.25, 0.3) is 5.65 Å². The lowest BCUT2D eigenvalue weighted by Gasteiger charge is -2.22. The van der Waals surface area contributed by atoms with Gasteiger partial charge in [-0.05, 0) is 31.2 Å². The number of aromatic nitrogens is 3. The number of ether oxygens (including phenoxy) is 1. The molecular formula is C18H18FN5O3. The second kappa shape index (κ2) is 6.84. The maximum Gasteiger partial charge on any atom is 0.256 e. The van der Waals surface area contributed by atoms with Crippen LogP contribution < -0.4 is 15.4 Å². The minimum Gasteiger partial charge on any atom is -0.486 e. The molecule has 9 heteroatoms. The number of aliphatic hydroxyl groups is 1. The number of halogens is 1. The van der Waals surface area contributed by atoms with E-state index in [4.69, 9.17) is 4.74 Å². The Morgan fingerprint density at radius 3 is 3.07 bits per heavy atom. The number of carbonyl (C=O) groups excluding carboxylic acids is 1. The molecule has 3 heterocycles. The van der Waals surface area contributed by atoms with Gasteiger partial charge >= 0.3 is 0 Å². The van der Waals surface area contributed by atoms with Gasteiger partial charge in [-0.3, -0.25) is 4.79 Å². The van der Waals surface area contributed by atoms with Crippen molar-refractivity contribution in [3.8, 4) is 5.75 Å². The molecule has 1 amide bonds. The van der Waals surface area contributed by atoms with Crippen molar-refractivity contribution in [2.75, 3.05) is 18.5 Å². The number of fused-ring (bicyclic) bond motifs is 2. The predicted octanol–water partition coefficient (Wildman–Crippen LogP) is 1.52. The lowest BCUT2D eigenvalue weighted by atomic mass is 10.1. The molecule has 3 aromatic rings. The number of rotatable bonds is 1. The van der Waals surface area contributed by atoms with E-state index in [1.807, 2.05) is 6.92 Å². The summed E-state index contributed by atoms with van der Waals surface area (Å²) in [6, 6.07) is 5.56. The van der Waals surface area contributed by atoms with Crippen molar-refractivity contribution in [1.29, 1.82) is 0 Å². The zero-order valence-electron chi connectivity index (χ0n) is 14.5. The summed E-state index contributed by atoms with van der Waals surface area (Å²) in [5, 5.41) is 19.7. The van der Waals surface area contributed by atoms with Crippen molar-refractivity contribution in [3.63, 3.8) is 0 Å². The van der Waals surface area contributed by atoms with Crippen LogP contribution >= 0.6 is 0 Å². The first-order valence-corrected chi connectivity index (χ1v) is 8.51. The molecule has 0 radical (unpaired) electrons. The molecule has 0 saturated heterocycles. The zero-order chi connectivity index (χ0) is 19.0. The summed E-state index contributed by atoms with van der Waals surface area (Å²) in [6.07, 6.45) is 2.43. The van der Waals surface area contributed by atoms with E-state index in [0.29, 0.717) is 28.3 Å². The Balaban J connectivity index is 1.82. The first-order valence-electron chi connectivity index (χ1n) is 8.51. The normalized spacial score (nSPS) is 19.9. The highest BCUT2D eigenvalue weighted by Gasteiger charge is 2.21. The van der Waals surface area contributed by atoms with Gasteiger partial charge in [-0.2, -0.15) is 5.10 Å². The topological polar surface area (TPSA) is 101 Å². The van der Waals surface area contributed by atoms with Crippen LogP contribution in [0.1, 0.15) is 28.9 Å². The van der Waals surface area contributed by atoms with E-state index >= 15 is 0 Å². The largest absolute Gasteiger partial charge is 0.486 e. The molecular weight excluding hydrogens is 353 g/mol. The molecule has 1 aliphatic heterocycles. The summed E-state index contributed by atoms with van der Waals surface area (Å²) >= 11 is 0. The molecule has 0 fully saturated rings. The molecule has 0 saturated carbocycles. The molecule has 2 aromatic heterocycles. The van der Waals surface area contributed by atoms with E-state index in [2.05, 4.69) is 20.7 Å². The van der Waals surface area contributed by atoms with Gasteiger partial charge < -0.3 is 20.5 Å². The van der Waals surface area contributed by atoms with Gasteiger partial charge in [0.05, 0.1) is 25.4 Å². The number of anilines is 1. The molecule has 140 valence electrons. The van der Waals surface area contributed by atoms with Crippen LogP contribution in [0.3, 0.4) is 0 Å². The van der Waals surface area contributed by atoms with E-state index in [1.165, 1.54) is 28.9 Å². The summed E-state index contributed by atoms with van der Waals surface area (Å²) in [5.41, 5.74) is 1.28. The molecule has 4 rings (SSSR count). The number of hydrogen-bond acceptors (Lipinski definition) is 6. The Hall–Kier alpha value is -3.20. The Morgan fingerprint density at radius 2 is 2.26 bits per heavy atom. The Kier molecular flexibility index (Phi) is 4.36. The van der Waals surface area contributed by atoms with E-state index in [0.717, 1.165) is 0 Å². The summed E-state index contributed by atoms with van der Waals surface area (Å²) in [4.78, 5) is 17.0. The maximum atomic E-state index is 13.8. The van der Waals surface area contributed by atoms with Gasteiger partial charge in [0.25, 0.3) is 5.91 Å². The smallest absolute Gasteiger partial charge is 0.256 e. The van der Waals surface area contributed by atoms with Crippen LogP contribution in [-0.2, 0) is 0 Å². The van der Waals surface area contributed by atoms with Crippen LogP contribution in [0.4, 0.5) is 10.2 Å². The minimum absolute atomic E-state index is 0.0744. The van der Waals surface area contributed by atoms with Crippen molar-refractivity contribution in [3.05, 3.63) is 53.6 Å². The van der Waals surface area contributed by atoms with E-state index in [-0.39, 0.29) is 25.1 Å². The maximum absolute atomic E-state index is 13.8. The monoisotopic (exact) mass is 371 g/mol. The zero-order valence-corrected chi connectivity index (χ0v) is 14.5. The Labute approximate surface area is 154 Å². The van der Waals surface area contributed by atoms with Crippen molar-refractivity contribution >= 4 is 17.4 Å². The van der Waals surface area contributed by atoms with Crippen LogP contribution in [0.5, 0.6) is 5.75 Å². The van der Waals surface area contributed by atoms with Crippen LogP contribution in [0, 0.1) is 5.82 Å². The molecule has 8 nitrogen and oxygen atoms in total. The lowest BCUT2D eigenvalue weighted by Crippen LogP contribution is -2.37.